The molecule has 0 unspecified atom stereocenters. The van der Waals surface area contributed by atoms with E-state index < -0.39 is 0 Å². The van der Waals surface area contributed by atoms with Crippen LogP contribution in [0.15, 0.2) is 73.1 Å². The largest absolute Gasteiger partial charge is 0.378 e. The number of ether oxygens (including phenoxy) is 1. The van der Waals surface area contributed by atoms with Gasteiger partial charge in [-0.2, -0.15) is 5.10 Å². The van der Waals surface area contributed by atoms with Crippen LogP contribution in [0.3, 0.4) is 0 Å². The molecule has 0 saturated carbocycles. The van der Waals surface area contributed by atoms with Crippen molar-refractivity contribution in [1.29, 1.82) is 0 Å². The SMILES string of the molecule is O=C(Nc1ccn[nH]1)c1ccc(-c2ccnc(Nc3ccc(N4CCOCC4)cc3)n2)cc1. The summed E-state index contributed by atoms with van der Waals surface area (Å²) in [5, 5.41) is 12.5. The molecule has 166 valence electrons. The summed E-state index contributed by atoms with van der Waals surface area (Å²) in [6, 6.07) is 19.0. The molecule has 2 aromatic heterocycles. The lowest BCUT2D eigenvalue weighted by Crippen LogP contribution is -2.36. The van der Waals surface area contributed by atoms with Gasteiger partial charge in [0.25, 0.3) is 5.91 Å². The third kappa shape index (κ3) is 4.99. The molecule has 0 spiro atoms. The highest BCUT2D eigenvalue weighted by atomic mass is 16.5. The van der Waals surface area contributed by atoms with E-state index in [1.165, 1.54) is 5.69 Å². The van der Waals surface area contributed by atoms with E-state index in [-0.39, 0.29) is 5.91 Å². The van der Waals surface area contributed by atoms with Gasteiger partial charge in [-0.15, -0.1) is 0 Å². The van der Waals surface area contributed by atoms with Gasteiger partial charge in [0.05, 0.1) is 25.1 Å². The number of aromatic amines is 1. The van der Waals surface area contributed by atoms with Gasteiger partial charge in [0.2, 0.25) is 5.95 Å². The number of H-pyrrole nitrogens is 1. The first-order valence-electron chi connectivity index (χ1n) is 10.7. The zero-order chi connectivity index (χ0) is 22.5. The fourth-order valence-electron chi connectivity index (χ4n) is 3.60. The van der Waals surface area contributed by atoms with E-state index in [0.29, 0.717) is 17.3 Å². The molecule has 0 bridgehead atoms. The highest BCUT2D eigenvalue weighted by molar-refractivity contribution is 6.03. The summed E-state index contributed by atoms with van der Waals surface area (Å²) in [7, 11) is 0. The highest BCUT2D eigenvalue weighted by Gasteiger charge is 2.11. The van der Waals surface area contributed by atoms with Gasteiger partial charge in [0.1, 0.15) is 5.82 Å². The number of nitrogens with one attached hydrogen (secondary N) is 3. The molecule has 1 amide bonds. The maximum absolute atomic E-state index is 12.3. The standard InChI is InChI=1S/C24H23N7O2/c32-23(29-22-10-12-26-30-22)18-3-1-17(2-4-18)21-9-11-25-24(28-21)27-19-5-7-20(8-6-19)31-13-15-33-16-14-31/h1-12H,13-16H2,(H,25,27,28)(H2,26,29,30,32). The van der Waals surface area contributed by atoms with Crippen molar-refractivity contribution in [1.82, 2.24) is 20.2 Å². The minimum Gasteiger partial charge on any atom is -0.378 e. The Balaban J connectivity index is 1.25. The Kier molecular flexibility index (Phi) is 5.94. The van der Waals surface area contributed by atoms with Gasteiger partial charge in [0.15, 0.2) is 0 Å². The van der Waals surface area contributed by atoms with Gasteiger partial charge in [-0.25, -0.2) is 9.97 Å². The predicted molar refractivity (Wildman–Crippen MR) is 127 cm³/mol. The fraction of sp³-hybridized carbons (Fsp3) is 0.167. The van der Waals surface area contributed by atoms with E-state index in [1.54, 1.807) is 30.6 Å². The molecular weight excluding hydrogens is 418 g/mol. The normalized spacial score (nSPS) is 13.5. The number of benzene rings is 2. The minimum absolute atomic E-state index is 0.212. The van der Waals surface area contributed by atoms with Crippen LogP contribution in [-0.4, -0.2) is 52.4 Å². The average molecular weight is 441 g/mol. The van der Waals surface area contributed by atoms with Crippen molar-refractivity contribution in [2.24, 2.45) is 0 Å². The predicted octanol–water partition coefficient (Wildman–Crippen LogP) is 3.70. The minimum atomic E-state index is -0.212. The molecule has 2 aromatic carbocycles. The number of aromatic nitrogens is 4. The van der Waals surface area contributed by atoms with Gasteiger partial charge in [-0.05, 0) is 42.5 Å². The molecule has 33 heavy (non-hydrogen) atoms. The van der Waals surface area contributed by atoms with E-state index in [1.807, 2.05) is 30.3 Å². The summed E-state index contributed by atoms with van der Waals surface area (Å²) in [4.78, 5) is 23.6. The van der Waals surface area contributed by atoms with Crippen LogP contribution in [0.2, 0.25) is 0 Å². The number of hydrogen-bond acceptors (Lipinski definition) is 7. The van der Waals surface area contributed by atoms with Gasteiger partial charge < -0.3 is 20.3 Å². The number of carbonyl (C=O) groups excluding carboxylic acids is 1. The van der Waals surface area contributed by atoms with Crippen LogP contribution in [-0.2, 0) is 4.74 Å². The van der Waals surface area contributed by atoms with Gasteiger partial charge in [-0.3, -0.25) is 9.89 Å². The number of amides is 1. The number of carbonyl (C=O) groups is 1. The van der Waals surface area contributed by atoms with E-state index in [0.717, 1.165) is 43.2 Å². The van der Waals surface area contributed by atoms with Crippen LogP contribution in [0.1, 0.15) is 10.4 Å². The van der Waals surface area contributed by atoms with Crippen LogP contribution in [0, 0.1) is 0 Å². The van der Waals surface area contributed by atoms with Crippen molar-refractivity contribution in [3.8, 4) is 11.3 Å². The van der Waals surface area contributed by atoms with Crippen LogP contribution in [0.5, 0.6) is 0 Å². The van der Waals surface area contributed by atoms with Crippen LogP contribution < -0.4 is 15.5 Å². The Labute approximate surface area is 190 Å². The Hall–Kier alpha value is -4.24. The molecule has 1 aliphatic rings. The molecule has 0 aliphatic carbocycles. The zero-order valence-corrected chi connectivity index (χ0v) is 17.9. The molecule has 0 atom stereocenters. The summed E-state index contributed by atoms with van der Waals surface area (Å²) in [5.41, 5.74) is 4.28. The second kappa shape index (κ2) is 9.49. The molecule has 1 aliphatic heterocycles. The molecule has 1 fully saturated rings. The summed E-state index contributed by atoms with van der Waals surface area (Å²) < 4.78 is 5.42. The topological polar surface area (TPSA) is 108 Å². The molecule has 9 nitrogen and oxygen atoms in total. The summed E-state index contributed by atoms with van der Waals surface area (Å²) in [5.74, 6) is 0.845. The first kappa shape index (κ1) is 20.7. The second-order valence-corrected chi connectivity index (χ2v) is 7.54. The van der Waals surface area contributed by atoms with Crippen molar-refractivity contribution in [2.75, 3.05) is 41.8 Å². The third-order valence-electron chi connectivity index (χ3n) is 5.35. The molecule has 4 aromatic rings. The molecule has 3 N–H and O–H groups in total. The quantitative estimate of drug-likeness (QED) is 0.419. The summed E-state index contributed by atoms with van der Waals surface area (Å²) in [6.07, 6.45) is 3.30. The number of rotatable bonds is 6. The lowest BCUT2D eigenvalue weighted by atomic mass is 10.1. The third-order valence-corrected chi connectivity index (χ3v) is 5.35. The molecule has 3 heterocycles. The fourth-order valence-corrected chi connectivity index (χ4v) is 3.60. The molecule has 1 saturated heterocycles. The van der Waals surface area contributed by atoms with Gasteiger partial charge >= 0.3 is 0 Å². The zero-order valence-electron chi connectivity index (χ0n) is 17.9. The first-order valence-corrected chi connectivity index (χ1v) is 10.7. The van der Waals surface area contributed by atoms with Crippen LogP contribution in [0.4, 0.5) is 23.1 Å². The second-order valence-electron chi connectivity index (χ2n) is 7.54. The van der Waals surface area contributed by atoms with Gasteiger partial charge in [-0.1, -0.05) is 12.1 Å². The molecular formula is C24H23N7O2. The van der Waals surface area contributed by atoms with Gasteiger partial charge in [0, 0.05) is 47.9 Å². The van der Waals surface area contributed by atoms with Crippen molar-refractivity contribution in [3.63, 3.8) is 0 Å². The smallest absolute Gasteiger partial charge is 0.256 e. The highest BCUT2D eigenvalue weighted by Crippen LogP contribution is 2.23. The van der Waals surface area contributed by atoms with E-state index in [2.05, 4.69) is 47.8 Å². The van der Waals surface area contributed by atoms with Crippen LogP contribution in [0.25, 0.3) is 11.3 Å². The van der Waals surface area contributed by atoms with E-state index in [4.69, 9.17) is 4.74 Å². The number of morpholine rings is 1. The molecule has 5 rings (SSSR count). The Morgan fingerprint density at radius 3 is 2.45 bits per heavy atom. The van der Waals surface area contributed by atoms with Crippen molar-refractivity contribution >= 4 is 29.0 Å². The lowest BCUT2D eigenvalue weighted by Gasteiger charge is -2.28. The monoisotopic (exact) mass is 441 g/mol. The first-order chi connectivity index (χ1) is 16.2. The number of anilines is 4. The maximum atomic E-state index is 12.3. The van der Waals surface area contributed by atoms with Crippen molar-refractivity contribution in [2.45, 2.75) is 0 Å². The number of nitrogens with zero attached hydrogens (tertiary/aromatic N) is 4. The van der Waals surface area contributed by atoms with Crippen molar-refractivity contribution in [3.05, 3.63) is 78.6 Å². The van der Waals surface area contributed by atoms with E-state index >= 15 is 0 Å². The lowest BCUT2D eigenvalue weighted by molar-refractivity contribution is 0.102. The molecule has 0 radical (unpaired) electrons. The molecule has 9 heteroatoms. The Morgan fingerprint density at radius 2 is 1.73 bits per heavy atom. The van der Waals surface area contributed by atoms with E-state index in [9.17, 15) is 4.79 Å². The number of hydrogen-bond donors (Lipinski definition) is 3. The maximum Gasteiger partial charge on any atom is 0.256 e. The Morgan fingerprint density at radius 1 is 0.939 bits per heavy atom. The van der Waals surface area contributed by atoms with Crippen molar-refractivity contribution < 1.29 is 9.53 Å². The Bertz CT molecular complexity index is 1200. The summed E-state index contributed by atoms with van der Waals surface area (Å²) in [6.45, 7) is 3.33. The van der Waals surface area contributed by atoms with Crippen LogP contribution >= 0.6 is 0 Å². The average Bonchev–Trinajstić information content (AvgIpc) is 3.38. The summed E-state index contributed by atoms with van der Waals surface area (Å²) >= 11 is 0.